The minimum atomic E-state index is -4.28. The van der Waals surface area contributed by atoms with Crippen LogP contribution in [0, 0.1) is 0 Å². The Bertz CT molecular complexity index is 366. The fourth-order valence-electron chi connectivity index (χ4n) is 1.13. The van der Waals surface area contributed by atoms with Crippen molar-refractivity contribution in [1.82, 2.24) is 5.32 Å². The quantitative estimate of drug-likeness (QED) is 0.798. The topological polar surface area (TPSA) is 12.0 Å². The van der Waals surface area contributed by atoms with Gasteiger partial charge in [0.1, 0.15) is 0 Å². The largest absolute Gasteiger partial charge is 0.416 e. The highest BCUT2D eigenvalue weighted by Crippen LogP contribution is 2.29. The number of hydrogen-bond donors (Lipinski definition) is 1. The van der Waals surface area contributed by atoms with Gasteiger partial charge in [0.15, 0.2) is 0 Å². The van der Waals surface area contributed by atoms with Crippen molar-refractivity contribution in [2.75, 3.05) is 7.05 Å². The summed E-state index contributed by atoms with van der Waals surface area (Å²) in [6.45, 7) is 1.79. The Morgan fingerprint density at radius 1 is 1.33 bits per heavy atom. The molecule has 82 valence electrons. The number of nitrogens with one attached hydrogen (secondary N) is 1. The van der Waals surface area contributed by atoms with E-state index in [1.54, 1.807) is 26.1 Å². The maximum Gasteiger partial charge on any atom is 0.416 e. The summed E-state index contributed by atoms with van der Waals surface area (Å²) in [6.07, 6.45) is -2.62. The van der Waals surface area contributed by atoms with Gasteiger partial charge in [-0.2, -0.15) is 13.2 Å². The van der Waals surface area contributed by atoms with E-state index in [1.165, 1.54) is 6.07 Å². The van der Waals surface area contributed by atoms with Crippen LogP contribution in [0.4, 0.5) is 13.2 Å². The van der Waals surface area contributed by atoms with E-state index < -0.39 is 11.7 Å². The minimum absolute atomic E-state index is 0.539. The van der Waals surface area contributed by atoms with Crippen LogP contribution in [0.25, 0.3) is 6.08 Å². The van der Waals surface area contributed by atoms with Gasteiger partial charge in [-0.1, -0.05) is 12.1 Å². The second-order valence-electron chi connectivity index (χ2n) is 3.20. The predicted molar refractivity (Wildman–Crippen MR) is 54.2 cm³/mol. The molecule has 0 saturated carbocycles. The molecule has 1 nitrogen and oxygen atoms in total. The first-order valence-electron chi connectivity index (χ1n) is 4.47. The molecule has 0 aromatic heterocycles. The van der Waals surface area contributed by atoms with Crippen LogP contribution < -0.4 is 5.32 Å². The normalized spacial score (nSPS) is 12.7. The number of allylic oxidation sites excluding steroid dienone is 1. The van der Waals surface area contributed by atoms with E-state index in [-0.39, 0.29) is 0 Å². The third-order valence-corrected chi connectivity index (χ3v) is 1.99. The summed E-state index contributed by atoms with van der Waals surface area (Å²) in [5, 5.41) is 2.85. The van der Waals surface area contributed by atoms with Gasteiger partial charge < -0.3 is 5.32 Å². The SMILES string of the molecule is CN/C(C)=C/c1cccc(C(F)(F)F)c1. The zero-order chi connectivity index (χ0) is 11.5. The fourth-order valence-corrected chi connectivity index (χ4v) is 1.13. The summed E-state index contributed by atoms with van der Waals surface area (Å²) in [7, 11) is 1.72. The zero-order valence-electron chi connectivity index (χ0n) is 8.52. The molecule has 0 heterocycles. The number of halogens is 3. The standard InChI is InChI=1S/C11H12F3N/c1-8(15-2)6-9-4-3-5-10(7-9)11(12,13)14/h3-7,15H,1-2H3/b8-6+. The molecule has 0 saturated heterocycles. The van der Waals surface area contributed by atoms with Gasteiger partial charge in [-0.15, -0.1) is 0 Å². The number of rotatable bonds is 2. The van der Waals surface area contributed by atoms with Gasteiger partial charge in [0.25, 0.3) is 0 Å². The third-order valence-electron chi connectivity index (χ3n) is 1.99. The Morgan fingerprint density at radius 3 is 2.53 bits per heavy atom. The van der Waals surface area contributed by atoms with E-state index in [4.69, 9.17) is 0 Å². The van der Waals surface area contributed by atoms with Crippen LogP contribution in [-0.4, -0.2) is 7.05 Å². The molecule has 0 spiro atoms. The van der Waals surface area contributed by atoms with Crippen LogP contribution in [0.5, 0.6) is 0 Å². The molecular weight excluding hydrogens is 203 g/mol. The molecule has 1 rings (SSSR count). The second-order valence-corrected chi connectivity index (χ2v) is 3.20. The summed E-state index contributed by atoms with van der Waals surface area (Å²) >= 11 is 0. The Morgan fingerprint density at radius 2 is 2.00 bits per heavy atom. The molecule has 0 unspecified atom stereocenters. The lowest BCUT2D eigenvalue weighted by atomic mass is 10.1. The van der Waals surface area contributed by atoms with E-state index in [0.29, 0.717) is 5.56 Å². The highest BCUT2D eigenvalue weighted by Gasteiger charge is 2.30. The van der Waals surface area contributed by atoms with E-state index in [1.807, 2.05) is 0 Å². The zero-order valence-corrected chi connectivity index (χ0v) is 8.52. The Balaban J connectivity index is 3.04. The third kappa shape index (κ3) is 3.31. The lowest BCUT2D eigenvalue weighted by molar-refractivity contribution is -0.137. The van der Waals surface area contributed by atoms with E-state index in [2.05, 4.69) is 5.32 Å². The Hall–Kier alpha value is -1.45. The van der Waals surface area contributed by atoms with Crippen molar-refractivity contribution in [3.8, 4) is 0 Å². The minimum Gasteiger partial charge on any atom is -0.392 e. The van der Waals surface area contributed by atoms with Crippen molar-refractivity contribution in [2.24, 2.45) is 0 Å². The molecule has 4 heteroatoms. The van der Waals surface area contributed by atoms with Crippen molar-refractivity contribution in [3.63, 3.8) is 0 Å². The molecule has 0 fully saturated rings. The van der Waals surface area contributed by atoms with Crippen molar-refractivity contribution >= 4 is 6.08 Å². The fraction of sp³-hybridized carbons (Fsp3) is 0.273. The van der Waals surface area contributed by atoms with Gasteiger partial charge in [-0.05, 0) is 30.7 Å². The lowest BCUT2D eigenvalue weighted by Crippen LogP contribution is -2.05. The summed E-state index contributed by atoms with van der Waals surface area (Å²) in [5.74, 6) is 0. The Labute approximate surface area is 86.6 Å². The Kier molecular flexibility index (Phi) is 3.39. The summed E-state index contributed by atoms with van der Waals surface area (Å²) < 4.78 is 37.1. The number of benzene rings is 1. The molecule has 1 N–H and O–H groups in total. The predicted octanol–water partition coefficient (Wildman–Crippen LogP) is 3.29. The van der Waals surface area contributed by atoms with Crippen LogP contribution in [0.2, 0.25) is 0 Å². The number of hydrogen-bond acceptors (Lipinski definition) is 1. The van der Waals surface area contributed by atoms with Crippen LogP contribution >= 0.6 is 0 Å². The average molecular weight is 215 g/mol. The molecule has 0 bridgehead atoms. The van der Waals surface area contributed by atoms with Gasteiger partial charge in [0.2, 0.25) is 0 Å². The molecule has 1 aromatic carbocycles. The number of alkyl halides is 3. The maximum atomic E-state index is 12.4. The highest BCUT2D eigenvalue weighted by molar-refractivity contribution is 5.53. The van der Waals surface area contributed by atoms with E-state index in [9.17, 15) is 13.2 Å². The van der Waals surface area contributed by atoms with Gasteiger partial charge in [-0.3, -0.25) is 0 Å². The van der Waals surface area contributed by atoms with Crippen LogP contribution in [-0.2, 0) is 6.18 Å². The second kappa shape index (κ2) is 4.38. The van der Waals surface area contributed by atoms with Gasteiger partial charge in [0, 0.05) is 12.7 Å². The first kappa shape index (κ1) is 11.6. The monoisotopic (exact) mass is 215 g/mol. The smallest absolute Gasteiger partial charge is 0.392 e. The van der Waals surface area contributed by atoms with Crippen molar-refractivity contribution in [2.45, 2.75) is 13.1 Å². The van der Waals surface area contributed by atoms with E-state index in [0.717, 1.165) is 17.8 Å². The molecule has 0 atom stereocenters. The summed E-state index contributed by atoms with van der Waals surface area (Å²) in [5.41, 5.74) is 0.728. The summed E-state index contributed by atoms with van der Waals surface area (Å²) in [6, 6.07) is 5.22. The molecule has 0 radical (unpaired) electrons. The van der Waals surface area contributed by atoms with Gasteiger partial charge in [0.05, 0.1) is 5.56 Å². The average Bonchev–Trinajstić information content (AvgIpc) is 2.17. The summed E-state index contributed by atoms with van der Waals surface area (Å²) in [4.78, 5) is 0. The molecule has 0 amide bonds. The molecule has 15 heavy (non-hydrogen) atoms. The molecule has 1 aromatic rings. The van der Waals surface area contributed by atoms with Crippen molar-refractivity contribution < 1.29 is 13.2 Å². The van der Waals surface area contributed by atoms with Crippen molar-refractivity contribution in [3.05, 3.63) is 41.1 Å². The van der Waals surface area contributed by atoms with Gasteiger partial charge >= 0.3 is 6.18 Å². The first-order valence-corrected chi connectivity index (χ1v) is 4.47. The van der Waals surface area contributed by atoms with Crippen LogP contribution in [0.15, 0.2) is 30.0 Å². The lowest BCUT2D eigenvalue weighted by Gasteiger charge is -2.07. The van der Waals surface area contributed by atoms with Crippen LogP contribution in [0.1, 0.15) is 18.1 Å². The highest BCUT2D eigenvalue weighted by atomic mass is 19.4. The van der Waals surface area contributed by atoms with Gasteiger partial charge in [-0.25, -0.2) is 0 Å². The van der Waals surface area contributed by atoms with E-state index >= 15 is 0 Å². The molecule has 0 aliphatic heterocycles. The molecular formula is C11H12F3N. The first-order chi connectivity index (χ1) is 6.93. The molecule has 0 aliphatic carbocycles. The van der Waals surface area contributed by atoms with Crippen LogP contribution in [0.3, 0.4) is 0 Å². The molecule has 0 aliphatic rings. The van der Waals surface area contributed by atoms with Crippen molar-refractivity contribution in [1.29, 1.82) is 0 Å². The maximum absolute atomic E-state index is 12.4.